The predicted octanol–water partition coefficient (Wildman–Crippen LogP) is 3.62. The Kier molecular flexibility index (Phi) is 4.81. The van der Waals surface area contributed by atoms with Crippen LogP contribution in [0.25, 0.3) is 10.9 Å². The summed E-state index contributed by atoms with van der Waals surface area (Å²) < 4.78 is 1.66. The lowest BCUT2D eigenvalue weighted by Crippen LogP contribution is -2.23. The Labute approximate surface area is 162 Å². The number of carbonyl (C=O) groups is 1. The number of amides is 1. The monoisotopic (exact) mass is 371 g/mol. The summed E-state index contributed by atoms with van der Waals surface area (Å²) >= 11 is 0. The van der Waals surface area contributed by atoms with Gasteiger partial charge >= 0.3 is 0 Å². The Balaban J connectivity index is 1.39. The summed E-state index contributed by atoms with van der Waals surface area (Å²) in [6.45, 7) is 3.00. The SMILES string of the molecule is Cc1ccc2cc(C(=O)NCc3ccc(Cn4ccccc4=O)cc3)[nH]c2c1. The van der Waals surface area contributed by atoms with Crippen LogP contribution in [-0.2, 0) is 13.1 Å². The molecule has 5 nitrogen and oxygen atoms in total. The molecule has 0 aliphatic carbocycles. The van der Waals surface area contributed by atoms with E-state index in [4.69, 9.17) is 0 Å². The van der Waals surface area contributed by atoms with E-state index in [2.05, 4.69) is 10.3 Å². The van der Waals surface area contributed by atoms with Crippen LogP contribution >= 0.6 is 0 Å². The third-order valence-corrected chi connectivity index (χ3v) is 4.75. The molecule has 0 saturated carbocycles. The van der Waals surface area contributed by atoms with Gasteiger partial charge in [-0.1, -0.05) is 42.5 Å². The van der Waals surface area contributed by atoms with Gasteiger partial charge in [0, 0.05) is 29.7 Å². The quantitative estimate of drug-likeness (QED) is 0.563. The van der Waals surface area contributed by atoms with Crippen LogP contribution in [0.5, 0.6) is 0 Å². The van der Waals surface area contributed by atoms with E-state index >= 15 is 0 Å². The number of aryl methyl sites for hydroxylation is 1. The Bertz CT molecular complexity index is 1190. The Hall–Kier alpha value is -3.60. The highest BCUT2D eigenvalue weighted by molar-refractivity contribution is 5.98. The van der Waals surface area contributed by atoms with E-state index in [0.29, 0.717) is 18.8 Å². The minimum absolute atomic E-state index is 0.0210. The summed E-state index contributed by atoms with van der Waals surface area (Å²) in [4.78, 5) is 27.4. The fourth-order valence-corrected chi connectivity index (χ4v) is 3.19. The highest BCUT2D eigenvalue weighted by Crippen LogP contribution is 2.17. The molecule has 2 N–H and O–H groups in total. The maximum absolute atomic E-state index is 12.4. The smallest absolute Gasteiger partial charge is 0.267 e. The molecule has 140 valence electrons. The Morgan fingerprint density at radius 1 is 1.00 bits per heavy atom. The molecule has 0 aliphatic rings. The number of aromatic nitrogens is 2. The van der Waals surface area contributed by atoms with Crippen molar-refractivity contribution >= 4 is 16.8 Å². The molecule has 0 atom stereocenters. The van der Waals surface area contributed by atoms with Crippen LogP contribution in [0.1, 0.15) is 27.2 Å². The predicted molar refractivity (Wildman–Crippen MR) is 110 cm³/mol. The van der Waals surface area contributed by atoms with E-state index in [-0.39, 0.29) is 11.5 Å². The van der Waals surface area contributed by atoms with Gasteiger partial charge in [0.05, 0.1) is 6.54 Å². The lowest BCUT2D eigenvalue weighted by Gasteiger charge is -2.07. The van der Waals surface area contributed by atoms with Crippen LogP contribution in [0.3, 0.4) is 0 Å². The summed E-state index contributed by atoms with van der Waals surface area (Å²) in [6.07, 6.45) is 1.78. The molecule has 0 saturated heterocycles. The second-order valence-electron chi connectivity index (χ2n) is 6.94. The van der Waals surface area contributed by atoms with Gasteiger partial charge in [-0.3, -0.25) is 9.59 Å². The molecule has 4 aromatic rings. The van der Waals surface area contributed by atoms with E-state index in [1.807, 2.05) is 61.5 Å². The van der Waals surface area contributed by atoms with Crippen molar-refractivity contribution in [2.24, 2.45) is 0 Å². The van der Waals surface area contributed by atoms with E-state index in [0.717, 1.165) is 27.6 Å². The first-order valence-electron chi connectivity index (χ1n) is 9.19. The molecule has 2 aromatic heterocycles. The van der Waals surface area contributed by atoms with Crippen LogP contribution in [0.4, 0.5) is 0 Å². The number of pyridine rings is 1. The second-order valence-corrected chi connectivity index (χ2v) is 6.94. The van der Waals surface area contributed by atoms with Gasteiger partial charge in [-0.2, -0.15) is 0 Å². The molecular formula is C23H21N3O2. The number of H-pyrrole nitrogens is 1. The number of nitrogens with zero attached hydrogens (tertiary/aromatic N) is 1. The fraction of sp³-hybridized carbons (Fsp3) is 0.130. The summed E-state index contributed by atoms with van der Waals surface area (Å²) in [5.74, 6) is -0.131. The van der Waals surface area contributed by atoms with Crippen LogP contribution in [0.2, 0.25) is 0 Å². The second kappa shape index (κ2) is 7.56. The van der Waals surface area contributed by atoms with Gasteiger partial charge in [0.1, 0.15) is 5.69 Å². The normalized spacial score (nSPS) is 10.9. The highest BCUT2D eigenvalue weighted by Gasteiger charge is 2.09. The largest absolute Gasteiger partial charge is 0.351 e. The Morgan fingerprint density at radius 2 is 1.79 bits per heavy atom. The molecule has 28 heavy (non-hydrogen) atoms. The molecule has 0 spiro atoms. The van der Waals surface area contributed by atoms with Gasteiger partial charge in [-0.15, -0.1) is 0 Å². The first-order valence-corrected chi connectivity index (χ1v) is 9.19. The maximum Gasteiger partial charge on any atom is 0.267 e. The van der Waals surface area contributed by atoms with Gasteiger partial charge in [-0.05, 0) is 41.8 Å². The number of hydrogen-bond donors (Lipinski definition) is 2. The molecule has 0 unspecified atom stereocenters. The van der Waals surface area contributed by atoms with Crippen molar-refractivity contribution in [3.05, 3.63) is 106 Å². The zero-order chi connectivity index (χ0) is 19.5. The van der Waals surface area contributed by atoms with Crippen molar-refractivity contribution in [2.45, 2.75) is 20.0 Å². The van der Waals surface area contributed by atoms with E-state index in [1.165, 1.54) is 0 Å². The minimum atomic E-state index is -0.131. The van der Waals surface area contributed by atoms with E-state index in [1.54, 1.807) is 22.9 Å². The third kappa shape index (κ3) is 3.88. The zero-order valence-electron chi connectivity index (χ0n) is 15.6. The number of rotatable bonds is 5. The van der Waals surface area contributed by atoms with Gasteiger partial charge in [0.25, 0.3) is 11.5 Å². The average Bonchev–Trinajstić information content (AvgIpc) is 3.12. The maximum atomic E-state index is 12.4. The van der Waals surface area contributed by atoms with Gasteiger partial charge in [0.15, 0.2) is 0 Å². The first kappa shape index (κ1) is 17.8. The van der Waals surface area contributed by atoms with Crippen molar-refractivity contribution < 1.29 is 4.79 Å². The van der Waals surface area contributed by atoms with Crippen molar-refractivity contribution in [1.29, 1.82) is 0 Å². The van der Waals surface area contributed by atoms with E-state index < -0.39 is 0 Å². The van der Waals surface area contributed by atoms with Crippen molar-refractivity contribution in [3.63, 3.8) is 0 Å². The molecule has 5 heteroatoms. The summed E-state index contributed by atoms with van der Waals surface area (Å²) in [5.41, 5.74) is 4.69. The van der Waals surface area contributed by atoms with Crippen molar-refractivity contribution in [3.8, 4) is 0 Å². The topological polar surface area (TPSA) is 66.9 Å². The van der Waals surface area contributed by atoms with Crippen molar-refractivity contribution in [2.75, 3.05) is 0 Å². The van der Waals surface area contributed by atoms with E-state index in [9.17, 15) is 9.59 Å². The standard InChI is InChI=1S/C23H21N3O2/c1-16-5-10-19-13-21(25-20(19)12-16)23(28)24-14-17-6-8-18(9-7-17)15-26-11-3-2-4-22(26)27/h2-13,25H,14-15H2,1H3,(H,24,28). The number of aromatic amines is 1. The lowest BCUT2D eigenvalue weighted by atomic mass is 10.1. The summed E-state index contributed by atoms with van der Waals surface area (Å²) in [6, 6.07) is 21.0. The Morgan fingerprint density at radius 3 is 2.57 bits per heavy atom. The fourth-order valence-electron chi connectivity index (χ4n) is 3.19. The number of benzene rings is 2. The molecule has 0 fully saturated rings. The van der Waals surface area contributed by atoms with Crippen LogP contribution in [-0.4, -0.2) is 15.5 Å². The number of hydrogen-bond acceptors (Lipinski definition) is 2. The van der Waals surface area contributed by atoms with Crippen molar-refractivity contribution in [1.82, 2.24) is 14.9 Å². The molecule has 4 rings (SSSR count). The first-order chi connectivity index (χ1) is 13.6. The zero-order valence-corrected chi connectivity index (χ0v) is 15.6. The number of fused-ring (bicyclic) bond motifs is 1. The summed E-state index contributed by atoms with van der Waals surface area (Å²) in [5, 5.41) is 3.97. The molecule has 2 aromatic carbocycles. The molecule has 0 aliphatic heterocycles. The lowest BCUT2D eigenvalue weighted by molar-refractivity contribution is 0.0947. The van der Waals surface area contributed by atoms with Crippen LogP contribution in [0, 0.1) is 6.92 Å². The number of carbonyl (C=O) groups excluding carboxylic acids is 1. The highest BCUT2D eigenvalue weighted by atomic mass is 16.2. The summed E-state index contributed by atoms with van der Waals surface area (Å²) in [7, 11) is 0. The third-order valence-electron chi connectivity index (χ3n) is 4.75. The van der Waals surface area contributed by atoms with Crippen LogP contribution < -0.4 is 10.9 Å². The molecule has 2 heterocycles. The van der Waals surface area contributed by atoms with Crippen LogP contribution in [0.15, 0.2) is 77.7 Å². The minimum Gasteiger partial charge on any atom is -0.351 e. The molecule has 1 amide bonds. The van der Waals surface area contributed by atoms with Gasteiger partial charge in [0.2, 0.25) is 0 Å². The van der Waals surface area contributed by atoms with Gasteiger partial charge in [-0.25, -0.2) is 0 Å². The van der Waals surface area contributed by atoms with Gasteiger partial charge < -0.3 is 14.9 Å². The molecule has 0 radical (unpaired) electrons. The average molecular weight is 371 g/mol. The molecular weight excluding hydrogens is 350 g/mol. The number of nitrogens with one attached hydrogen (secondary N) is 2. The molecule has 0 bridgehead atoms.